The summed E-state index contributed by atoms with van der Waals surface area (Å²) in [5.74, 6) is 1.89. The van der Waals surface area contributed by atoms with Gasteiger partial charge in [-0.15, -0.1) is 0 Å². The molecule has 0 aliphatic heterocycles. The highest BCUT2D eigenvalue weighted by Gasteiger charge is 2.35. The van der Waals surface area contributed by atoms with E-state index < -0.39 is 0 Å². The molecule has 0 atom stereocenters. The Bertz CT molecular complexity index is 513. The van der Waals surface area contributed by atoms with Crippen molar-refractivity contribution in [3.8, 4) is 5.75 Å². The van der Waals surface area contributed by atoms with Gasteiger partial charge in [-0.1, -0.05) is 31.7 Å². The number of hydrogen-bond donors (Lipinski definition) is 1. The largest absolute Gasteiger partial charge is 0.493 e. The highest BCUT2D eigenvalue weighted by Crippen LogP contribution is 2.44. The number of aryl methyl sites for hydroxylation is 2. The van der Waals surface area contributed by atoms with Crippen LogP contribution in [0.5, 0.6) is 5.75 Å². The van der Waals surface area contributed by atoms with Crippen molar-refractivity contribution in [2.45, 2.75) is 70.6 Å². The van der Waals surface area contributed by atoms with Gasteiger partial charge in [-0.3, -0.25) is 0 Å². The number of ether oxygens (including phenoxy) is 1. The Morgan fingerprint density at radius 1 is 1.05 bits per heavy atom. The number of benzene rings is 1. The van der Waals surface area contributed by atoms with Gasteiger partial charge in [0.1, 0.15) is 5.75 Å². The van der Waals surface area contributed by atoms with Gasteiger partial charge in [0.2, 0.25) is 0 Å². The van der Waals surface area contributed by atoms with Crippen molar-refractivity contribution >= 4 is 0 Å². The van der Waals surface area contributed by atoms with Crippen molar-refractivity contribution in [2.24, 2.45) is 11.7 Å². The predicted octanol–water partition coefficient (Wildman–Crippen LogP) is 4.64. The summed E-state index contributed by atoms with van der Waals surface area (Å²) in [5.41, 5.74) is 10.5. The summed E-state index contributed by atoms with van der Waals surface area (Å²) in [5, 5.41) is 0. The molecule has 0 spiro atoms. The van der Waals surface area contributed by atoms with Gasteiger partial charge in [-0.2, -0.15) is 0 Å². The molecule has 0 radical (unpaired) electrons. The van der Waals surface area contributed by atoms with Crippen molar-refractivity contribution in [1.29, 1.82) is 0 Å². The Morgan fingerprint density at radius 3 is 2.32 bits per heavy atom. The van der Waals surface area contributed by atoms with Crippen molar-refractivity contribution in [1.82, 2.24) is 0 Å². The first-order chi connectivity index (χ1) is 10.6. The molecular weight excluding hydrogens is 270 g/mol. The molecule has 0 saturated heterocycles. The molecule has 2 saturated carbocycles. The summed E-state index contributed by atoms with van der Waals surface area (Å²) in [6, 6.07) is 4.62. The van der Waals surface area contributed by atoms with Gasteiger partial charge < -0.3 is 10.5 Å². The molecule has 2 N–H and O–H groups in total. The Balaban J connectivity index is 1.90. The van der Waals surface area contributed by atoms with Crippen LogP contribution >= 0.6 is 0 Å². The Hall–Kier alpha value is -1.02. The lowest BCUT2D eigenvalue weighted by Gasteiger charge is -2.38. The minimum Gasteiger partial charge on any atom is -0.493 e. The Morgan fingerprint density at radius 2 is 1.73 bits per heavy atom. The molecule has 0 aromatic heterocycles. The average Bonchev–Trinajstić information content (AvgIpc) is 2.49. The van der Waals surface area contributed by atoms with E-state index >= 15 is 0 Å². The summed E-state index contributed by atoms with van der Waals surface area (Å²) in [6.07, 6.45) is 10.4. The second-order valence-corrected chi connectivity index (χ2v) is 7.59. The molecule has 22 heavy (non-hydrogen) atoms. The molecule has 2 fully saturated rings. The molecule has 0 heterocycles. The lowest BCUT2D eigenvalue weighted by atomic mass is 9.68. The van der Waals surface area contributed by atoms with Crippen LogP contribution in [0.2, 0.25) is 0 Å². The molecule has 0 bridgehead atoms. The second kappa shape index (κ2) is 6.62. The van der Waals surface area contributed by atoms with Gasteiger partial charge >= 0.3 is 0 Å². The first-order valence-electron chi connectivity index (χ1n) is 9.09. The minimum absolute atomic E-state index is 0.145. The monoisotopic (exact) mass is 301 g/mol. The lowest BCUT2D eigenvalue weighted by molar-refractivity contribution is 0.175. The van der Waals surface area contributed by atoms with Crippen LogP contribution in [-0.4, -0.2) is 13.2 Å². The Labute approximate surface area is 135 Å². The van der Waals surface area contributed by atoms with Gasteiger partial charge in [0.05, 0.1) is 6.61 Å². The standard InChI is InChI=1S/C20H31NO/c1-15-11-18(20(14-21)9-4-3-5-10-20)19(12-16(15)2)22-13-17-7-6-8-17/h11-12,17H,3-10,13-14,21H2,1-2H3. The van der Waals surface area contributed by atoms with Crippen molar-refractivity contribution in [3.05, 3.63) is 28.8 Å². The third kappa shape index (κ3) is 3.03. The molecule has 1 aromatic carbocycles. The molecule has 2 aliphatic carbocycles. The molecular formula is C20H31NO. The van der Waals surface area contributed by atoms with E-state index in [1.165, 1.54) is 68.1 Å². The molecule has 2 nitrogen and oxygen atoms in total. The smallest absolute Gasteiger partial charge is 0.123 e. The van der Waals surface area contributed by atoms with Crippen LogP contribution in [0.4, 0.5) is 0 Å². The number of hydrogen-bond acceptors (Lipinski definition) is 2. The summed E-state index contributed by atoms with van der Waals surface area (Å²) in [7, 11) is 0. The van der Waals surface area contributed by atoms with Crippen molar-refractivity contribution < 1.29 is 4.74 Å². The topological polar surface area (TPSA) is 35.2 Å². The van der Waals surface area contributed by atoms with Gasteiger partial charge in [0, 0.05) is 17.5 Å². The fraction of sp³-hybridized carbons (Fsp3) is 0.700. The van der Waals surface area contributed by atoms with E-state index in [4.69, 9.17) is 10.5 Å². The van der Waals surface area contributed by atoms with E-state index in [1.54, 1.807) is 0 Å². The van der Waals surface area contributed by atoms with Gasteiger partial charge in [0.25, 0.3) is 0 Å². The molecule has 2 heteroatoms. The SMILES string of the molecule is Cc1cc(OCC2CCC2)c(C2(CN)CCCCC2)cc1C. The fourth-order valence-electron chi connectivity index (χ4n) is 4.00. The van der Waals surface area contributed by atoms with Crippen LogP contribution in [0.25, 0.3) is 0 Å². The average molecular weight is 301 g/mol. The van der Waals surface area contributed by atoms with E-state index in [9.17, 15) is 0 Å². The zero-order valence-electron chi connectivity index (χ0n) is 14.3. The molecule has 0 unspecified atom stereocenters. The summed E-state index contributed by atoms with van der Waals surface area (Å²) >= 11 is 0. The van der Waals surface area contributed by atoms with Crippen molar-refractivity contribution in [2.75, 3.05) is 13.2 Å². The zero-order chi connectivity index (χ0) is 15.6. The fourth-order valence-corrected chi connectivity index (χ4v) is 4.00. The zero-order valence-corrected chi connectivity index (χ0v) is 14.3. The third-order valence-corrected chi connectivity index (χ3v) is 6.07. The normalized spacial score (nSPS) is 21.4. The van der Waals surface area contributed by atoms with Crippen LogP contribution in [0.3, 0.4) is 0 Å². The molecule has 122 valence electrons. The maximum absolute atomic E-state index is 6.30. The van der Waals surface area contributed by atoms with Crippen LogP contribution in [0, 0.1) is 19.8 Å². The van der Waals surface area contributed by atoms with Crippen LogP contribution in [0.1, 0.15) is 68.1 Å². The maximum Gasteiger partial charge on any atom is 0.123 e. The minimum atomic E-state index is 0.145. The van der Waals surface area contributed by atoms with E-state index in [-0.39, 0.29) is 5.41 Å². The first kappa shape index (κ1) is 15.9. The van der Waals surface area contributed by atoms with Gasteiger partial charge in [0.15, 0.2) is 0 Å². The van der Waals surface area contributed by atoms with E-state index in [1.807, 2.05) is 0 Å². The molecule has 2 aliphatic rings. The Kier molecular flexibility index (Phi) is 4.77. The van der Waals surface area contributed by atoms with E-state index in [2.05, 4.69) is 26.0 Å². The van der Waals surface area contributed by atoms with E-state index in [0.29, 0.717) is 0 Å². The number of rotatable bonds is 5. The highest BCUT2D eigenvalue weighted by molar-refractivity contribution is 5.46. The van der Waals surface area contributed by atoms with Crippen LogP contribution < -0.4 is 10.5 Å². The summed E-state index contributed by atoms with van der Waals surface area (Å²) in [4.78, 5) is 0. The third-order valence-electron chi connectivity index (χ3n) is 6.07. The molecule has 0 amide bonds. The first-order valence-corrected chi connectivity index (χ1v) is 9.09. The quantitative estimate of drug-likeness (QED) is 0.859. The highest BCUT2D eigenvalue weighted by atomic mass is 16.5. The second-order valence-electron chi connectivity index (χ2n) is 7.59. The van der Waals surface area contributed by atoms with Gasteiger partial charge in [-0.25, -0.2) is 0 Å². The summed E-state index contributed by atoms with van der Waals surface area (Å²) in [6.45, 7) is 6.03. The van der Waals surface area contributed by atoms with Crippen molar-refractivity contribution in [3.63, 3.8) is 0 Å². The van der Waals surface area contributed by atoms with Gasteiger partial charge in [-0.05, 0) is 62.6 Å². The molecule has 1 aromatic rings. The summed E-state index contributed by atoms with van der Waals surface area (Å²) < 4.78 is 6.30. The van der Waals surface area contributed by atoms with Crippen LogP contribution in [0.15, 0.2) is 12.1 Å². The number of nitrogens with two attached hydrogens (primary N) is 1. The molecule has 3 rings (SSSR count). The van der Waals surface area contributed by atoms with Crippen LogP contribution in [-0.2, 0) is 5.41 Å². The predicted molar refractivity (Wildman–Crippen MR) is 92.6 cm³/mol. The lowest BCUT2D eigenvalue weighted by Crippen LogP contribution is -2.37. The van der Waals surface area contributed by atoms with E-state index in [0.717, 1.165) is 24.8 Å². The maximum atomic E-state index is 6.30.